The van der Waals surface area contributed by atoms with E-state index in [1.807, 2.05) is 18.2 Å². The third kappa shape index (κ3) is 4.94. The highest BCUT2D eigenvalue weighted by Crippen LogP contribution is 2.26. The first-order valence-electron chi connectivity index (χ1n) is 5.75. The van der Waals surface area contributed by atoms with E-state index in [4.69, 9.17) is 21.1 Å². The van der Waals surface area contributed by atoms with Gasteiger partial charge in [0.05, 0.1) is 0 Å². The fraction of sp³-hybridized carbons (Fsp3) is 0.538. The van der Waals surface area contributed by atoms with Crippen LogP contribution < -0.4 is 10.1 Å². The summed E-state index contributed by atoms with van der Waals surface area (Å²) in [6.07, 6.45) is 0. The molecule has 0 amide bonds. The van der Waals surface area contributed by atoms with Gasteiger partial charge in [0.2, 0.25) is 0 Å². The van der Waals surface area contributed by atoms with Crippen molar-refractivity contribution in [1.29, 1.82) is 0 Å². The second-order valence-electron chi connectivity index (χ2n) is 4.29. The van der Waals surface area contributed by atoms with Gasteiger partial charge < -0.3 is 14.8 Å². The van der Waals surface area contributed by atoms with E-state index >= 15 is 0 Å². The van der Waals surface area contributed by atoms with Gasteiger partial charge in [-0.05, 0) is 24.6 Å². The summed E-state index contributed by atoms with van der Waals surface area (Å²) in [5.74, 6) is 1.39. The Bertz CT molecular complexity index is 342. The normalized spacial score (nSPS) is 10.9. The van der Waals surface area contributed by atoms with E-state index in [9.17, 15) is 0 Å². The number of methoxy groups -OCH3 is 1. The zero-order valence-corrected chi connectivity index (χ0v) is 11.4. The highest BCUT2D eigenvalue weighted by Gasteiger charge is 2.08. The summed E-state index contributed by atoms with van der Waals surface area (Å²) in [5.41, 5.74) is 0.979. The lowest BCUT2D eigenvalue weighted by Gasteiger charge is -2.14. The minimum absolute atomic E-state index is 0.234. The molecule has 0 aliphatic heterocycles. The minimum atomic E-state index is 0.234. The largest absolute Gasteiger partial charge is 0.467 e. The number of halogens is 1. The molecule has 0 aliphatic carbocycles. The van der Waals surface area contributed by atoms with Gasteiger partial charge in [0.25, 0.3) is 0 Å². The molecule has 0 bridgehead atoms. The molecule has 17 heavy (non-hydrogen) atoms. The van der Waals surface area contributed by atoms with Gasteiger partial charge in [0.15, 0.2) is 6.79 Å². The Labute approximate surface area is 108 Å². The minimum Gasteiger partial charge on any atom is -0.467 e. The van der Waals surface area contributed by atoms with Crippen molar-refractivity contribution in [2.45, 2.75) is 20.4 Å². The first kappa shape index (κ1) is 14.3. The summed E-state index contributed by atoms with van der Waals surface area (Å²) >= 11 is 6.16. The topological polar surface area (TPSA) is 30.5 Å². The maximum atomic E-state index is 6.16. The van der Waals surface area contributed by atoms with E-state index < -0.39 is 0 Å². The van der Waals surface area contributed by atoms with Crippen LogP contribution in [0.2, 0.25) is 5.02 Å². The summed E-state index contributed by atoms with van der Waals surface area (Å²) in [4.78, 5) is 0. The van der Waals surface area contributed by atoms with Crippen molar-refractivity contribution >= 4 is 11.6 Å². The smallest absolute Gasteiger partial charge is 0.188 e. The van der Waals surface area contributed by atoms with Crippen LogP contribution in [0.25, 0.3) is 0 Å². The van der Waals surface area contributed by atoms with Crippen molar-refractivity contribution < 1.29 is 9.47 Å². The van der Waals surface area contributed by atoms with E-state index in [2.05, 4.69) is 19.2 Å². The molecule has 3 nitrogen and oxygen atoms in total. The van der Waals surface area contributed by atoms with E-state index in [1.54, 1.807) is 7.11 Å². The molecular weight excluding hydrogens is 238 g/mol. The first-order chi connectivity index (χ1) is 8.15. The Kier molecular flexibility index (Phi) is 6.34. The van der Waals surface area contributed by atoms with Crippen LogP contribution in [0, 0.1) is 5.92 Å². The molecule has 0 heterocycles. The molecule has 0 spiro atoms. The van der Waals surface area contributed by atoms with Crippen molar-refractivity contribution in [3.8, 4) is 5.75 Å². The van der Waals surface area contributed by atoms with Gasteiger partial charge in [-0.3, -0.25) is 0 Å². The molecule has 0 aromatic heterocycles. The van der Waals surface area contributed by atoms with Crippen LogP contribution >= 0.6 is 11.6 Å². The van der Waals surface area contributed by atoms with Crippen LogP contribution in [0.4, 0.5) is 0 Å². The summed E-state index contributed by atoms with van der Waals surface area (Å²) in [6, 6.07) is 5.64. The number of rotatable bonds is 7. The van der Waals surface area contributed by atoms with Crippen LogP contribution in [0.15, 0.2) is 18.2 Å². The molecule has 1 rings (SSSR count). The van der Waals surface area contributed by atoms with E-state index in [0.717, 1.165) is 22.9 Å². The summed E-state index contributed by atoms with van der Waals surface area (Å²) in [6.45, 7) is 6.23. The van der Waals surface area contributed by atoms with Gasteiger partial charge in [0.1, 0.15) is 5.75 Å². The molecule has 96 valence electrons. The SMILES string of the molecule is COCOc1cccc(Cl)c1CNCC(C)C. The van der Waals surface area contributed by atoms with Gasteiger partial charge >= 0.3 is 0 Å². The van der Waals surface area contributed by atoms with Crippen molar-refractivity contribution in [2.75, 3.05) is 20.4 Å². The van der Waals surface area contributed by atoms with Crippen LogP contribution in [-0.4, -0.2) is 20.4 Å². The van der Waals surface area contributed by atoms with Crippen LogP contribution in [-0.2, 0) is 11.3 Å². The van der Waals surface area contributed by atoms with Crippen LogP contribution in [0.1, 0.15) is 19.4 Å². The zero-order chi connectivity index (χ0) is 12.7. The molecule has 4 heteroatoms. The summed E-state index contributed by atoms with van der Waals surface area (Å²) < 4.78 is 10.4. The molecule has 0 aliphatic rings. The third-order valence-corrected chi connectivity index (χ3v) is 2.62. The Hall–Kier alpha value is -0.770. The summed E-state index contributed by atoms with van der Waals surface area (Å²) in [7, 11) is 1.60. The van der Waals surface area contributed by atoms with Crippen molar-refractivity contribution in [3.05, 3.63) is 28.8 Å². The van der Waals surface area contributed by atoms with E-state index in [1.165, 1.54) is 0 Å². The van der Waals surface area contributed by atoms with Crippen LogP contribution in [0.5, 0.6) is 5.75 Å². The Morgan fingerprint density at radius 1 is 1.35 bits per heavy atom. The molecule has 1 aromatic carbocycles. The molecule has 0 atom stereocenters. The lowest BCUT2D eigenvalue weighted by Crippen LogP contribution is -2.19. The first-order valence-corrected chi connectivity index (χ1v) is 6.12. The highest BCUT2D eigenvalue weighted by molar-refractivity contribution is 6.31. The number of benzene rings is 1. The Morgan fingerprint density at radius 3 is 2.76 bits per heavy atom. The van der Waals surface area contributed by atoms with Crippen molar-refractivity contribution in [3.63, 3.8) is 0 Å². The number of nitrogens with one attached hydrogen (secondary N) is 1. The highest BCUT2D eigenvalue weighted by atomic mass is 35.5. The predicted molar refractivity (Wildman–Crippen MR) is 70.5 cm³/mol. The number of hydrogen-bond donors (Lipinski definition) is 1. The predicted octanol–water partition coefficient (Wildman–Crippen LogP) is 3.07. The number of ether oxygens (including phenoxy) is 2. The van der Waals surface area contributed by atoms with Crippen LogP contribution in [0.3, 0.4) is 0 Å². The third-order valence-electron chi connectivity index (χ3n) is 2.26. The molecule has 0 saturated carbocycles. The maximum Gasteiger partial charge on any atom is 0.188 e. The van der Waals surface area contributed by atoms with E-state index in [-0.39, 0.29) is 6.79 Å². The van der Waals surface area contributed by atoms with Gasteiger partial charge in [0, 0.05) is 24.2 Å². The quantitative estimate of drug-likeness (QED) is 0.762. The average Bonchev–Trinajstić information content (AvgIpc) is 2.29. The van der Waals surface area contributed by atoms with Gasteiger partial charge in [-0.25, -0.2) is 0 Å². The standard InChI is InChI=1S/C13H20ClNO2/c1-10(2)7-15-8-11-12(14)5-4-6-13(11)17-9-16-3/h4-6,10,15H,7-9H2,1-3H3. The lowest BCUT2D eigenvalue weighted by molar-refractivity contribution is 0.0503. The zero-order valence-electron chi connectivity index (χ0n) is 10.6. The molecule has 0 fully saturated rings. The fourth-order valence-electron chi connectivity index (χ4n) is 1.45. The molecular formula is C13H20ClNO2. The van der Waals surface area contributed by atoms with Gasteiger partial charge in [-0.1, -0.05) is 31.5 Å². The fourth-order valence-corrected chi connectivity index (χ4v) is 1.69. The maximum absolute atomic E-state index is 6.16. The Balaban J connectivity index is 2.66. The molecule has 0 unspecified atom stereocenters. The molecule has 1 aromatic rings. The van der Waals surface area contributed by atoms with E-state index in [0.29, 0.717) is 12.5 Å². The Morgan fingerprint density at radius 2 is 2.12 bits per heavy atom. The van der Waals surface area contributed by atoms with Gasteiger partial charge in [-0.2, -0.15) is 0 Å². The molecule has 0 saturated heterocycles. The molecule has 1 N–H and O–H groups in total. The summed E-state index contributed by atoms with van der Waals surface area (Å²) in [5, 5.41) is 4.07. The van der Waals surface area contributed by atoms with Crippen molar-refractivity contribution in [2.24, 2.45) is 5.92 Å². The lowest BCUT2D eigenvalue weighted by atomic mass is 10.2. The van der Waals surface area contributed by atoms with Crippen molar-refractivity contribution in [1.82, 2.24) is 5.32 Å². The second-order valence-corrected chi connectivity index (χ2v) is 4.70. The number of hydrogen-bond acceptors (Lipinski definition) is 3. The van der Waals surface area contributed by atoms with Gasteiger partial charge in [-0.15, -0.1) is 0 Å². The molecule has 0 radical (unpaired) electrons. The average molecular weight is 258 g/mol. The second kappa shape index (κ2) is 7.54. The monoisotopic (exact) mass is 257 g/mol.